The summed E-state index contributed by atoms with van der Waals surface area (Å²) in [6.07, 6.45) is -2.01. The number of benzene rings is 1. The SMILES string of the molecule is C[C@]1(F)C(N)=N[C@](C)(c2cc(NC(=O)c3ncc(C(F)F)cc3Cl)ccc2F)CS1(O)O. The number of nitrogens with two attached hydrogens (primary N) is 1. The molecule has 1 aliphatic rings. The van der Waals surface area contributed by atoms with E-state index in [2.05, 4.69) is 15.3 Å². The zero-order chi connectivity index (χ0) is 24.1. The number of aromatic nitrogens is 1. The van der Waals surface area contributed by atoms with Crippen LogP contribution in [0, 0.1) is 5.82 Å². The van der Waals surface area contributed by atoms with Crippen molar-refractivity contribution in [3.8, 4) is 0 Å². The minimum absolute atomic E-state index is 0.0438. The van der Waals surface area contributed by atoms with E-state index in [9.17, 15) is 31.5 Å². The minimum Gasteiger partial charge on any atom is -0.383 e. The lowest BCUT2D eigenvalue weighted by atomic mass is 9.93. The van der Waals surface area contributed by atoms with Gasteiger partial charge in [0.05, 0.1) is 10.8 Å². The first-order valence-electron chi connectivity index (χ1n) is 9.03. The van der Waals surface area contributed by atoms with Crippen LogP contribution in [-0.2, 0) is 5.54 Å². The summed E-state index contributed by atoms with van der Waals surface area (Å²) >= 11 is 5.87. The van der Waals surface area contributed by atoms with Gasteiger partial charge in [0.2, 0.25) is 0 Å². The molecule has 2 heterocycles. The van der Waals surface area contributed by atoms with Crippen LogP contribution in [0.25, 0.3) is 0 Å². The van der Waals surface area contributed by atoms with Gasteiger partial charge in [-0.2, -0.15) is 10.6 Å². The third-order valence-electron chi connectivity index (χ3n) is 5.05. The van der Waals surface area contributed by atoms with Gasteiger partial charge in [-0.05, 0) is 38.1 Å². The quantitative estimate of drug-likeness (QED) is 0.441. The maximum atomic E-state index is 14.6. The lowest BCUT2D eigenvalue weighted by Gasteiger charge is -2.50. The Bertz CT molecular complexity index is 1120. The van der Waals surface area contributed by atoms with Gasteiger partial charge in [0.1, 0.15) is 17.1 Å². The summed E-state index contributed by atoms with van der Waals surface area (Å²) in [5.41, 5.74) is 3.02. The van der Waals surface area contributed by atoms with Crippen molar-refractivity contribution in [2.45, 2.75) is 30.8 Å². The molecule has 2 aromatic rings. The van der Waals surface area contributed by atoms with E-state index in [0.29, 0.717) is 0 Å². The average molecular weight is 495 g/mol. The molecule has 32 heavy (non-hydrogen) atoms. The Morgan fingerprint density at radius 1 is 1.31 bits per heavy atom. The Hall–Kier alpha value is -2.41. The molecule has 0 aliphatic carbocycles. The Labute approximate surface area is 187 Å². The van der Waals surface area contributed by atoms with Crippen LogP contribution in [0.2, 0.25) is 5.02 Å². The van der Waals surface area contributed by atoms with E-state index in [1.165, 1.54) is 19.1 Å². The van der Waals surface area contributed by atoms with Gasteiger partial charge < -0.3 is 11.1 Å². The maximum absolute atomic E-state index is 14.6. The number of hydrogen-bond donors (Lipinski definition) is 4. The minimum atomic E-state index is -3.94. The first-order valence-corrected chi connectivity index (χ1v) is 11.1. The number of halogens is 5. The number of pyridine rings is 1. The van der Waals surface area contributed by atoms with Crippen molar-refractivity contribution in [3.63, 3.8) is 0 Å². The predicted molar refractivity (Wildman–Crippen MR) is 115 cm³/mol. The molecule has 0 spiro atoms. The number of amides is 1. The van der Waals surface area contributed by atoms with Crippen molar-refractivity contribution < 1.29 is 31.5 Å². The van der Waals surface area contributed by atoms with Crippen LogP contribution in [0.15, 0.2) is 35.5 Å². The van der Waals surface area contributed by atoms with Crippen LogP contribution in [-0.4, -0.2) is 36.6 Å². The first-order chi connectivity index (χ1) is 14.7. The van der Waals surface area contributed by atoms with Crippen LogP contribution < -0.4 is 11.1 Å². The Morgan fingerprint density at radius 3 is 2.53 bits per heavy atom. The molecule has 1 aromatic heterocycles. The maximum Gasteiger partial charge on any atom is 0.275 e. The smallest absolute Gasteiger partial charge is 0.275 e. The zero-order valence-corrected chi connectivity index (χ0v) is 18.3. The second-order valence-corrected chi connectivity index (χ2v) is 10.3. The number of aliphatic imine (C=N–C) groups is 1. The van der Waals surface area contributed by atoms with E-state index in [1.54, 1.807) is 0 Å². The monoisotopic (exact) mass is 494 g/mol. The molecule has 0 radical (unpaired) electrons. The third-order valence-corrected chi connectivity index (χ3v) is 7.74. The summed E-state index contributed by atoms with van der Waals surface area (Å²) in [7, 11) is -3.94. The van der Waals surface area contributed by atoms with Gasteiger partial charge >= 0.3 is 0 Å². The molecule has 0 unspecified atom stereocenters. The average Bonchev–Trinajstić information content (AvgIpc) is 2.67. The number of anilines is 1. The second-order valence-electron chi connectivity index (χ2n) is 7.55. The topological polar surface area (TPSA) is 121 Å². The summed E-state index contributed by atoms with van der Waals surface area (Å²) < 4.78 is 75.2. The standard InChI is InChI=1S/C19H19ClF4N4O3S/c1-18(8-32(30,31)19(2,24)17(25)28-18)11-6-10(3-4-13(11)21)27-16(29)14-12(20)5-9(7-26-14)15(22)23/h3-7,15,30-31H,8H2,1-2H3,(H2,25,28)(H,27,29)/t18-,19+/m0/s1. The van der Waals surface area contributed by atoms with Gasteiger partial charge in [-0.3, -0.25) is 18.9 Å². The summed E-state index contributed by atoms with van der Waals surface area (Å²) in [4.78, 5) is 20.1. The van der Waals surface area contributed by atoms with Gasteiger partial charge in [-0.15, -0.1) is 0 Å². The lowest BCUT2D eigenvalue weighted by molar-refractivity contribution is 0.102. The van der Waals surface area contributed by atoms with Crippen molar-refractivity contribution in [2.24, 2.45) is 10.7 Å². The number of nitrogens with zero attached hydrogens (tertiary/aromatic N) is 2. The number of carbonyl (C=O) groups excluding carboxylic acids is 1. The van der Waals surface area contributed by atoms with E-state index in [-0.39, 0.29) is 22.0 Å². The van der Waals surface area contributed by atoms with E-state index < -0.39 is 56.4 Å². The molecule has 0 saturated carbocycles. The number of nitrogens with one attached hydrogen (secondary N) is 1. The van der Waals surface area contributed by atoms with Crippen LogP contribution >= 0.6 is 22.2 Å². The molecule has 0 saturated heterocycles. The van der Waals surface area contributed by atoms with Crippen molar-refractivity contribution in [1.82, 2.24) is 4.98 Å². The number of hydrogen-bond acceptors (Lipinski definition) is 6. The van der Waals surface area contributed by atoms with E-state index in [4.69, 9.17) is 17.3 Å². The Kier molecular flexibility index (Phi) is 6.19. The molecule has 5 N–H and O–H groups in total. The number of rotatable bonds is 4. The highest BCUT2D eigenvalue weighted by Gasteiger charge is 2.52. The lowest BCUT2D eigenvalue weighted by Crippen LogP contribution is -2.51. The van der Waals surface area contributed by atoms with Crippen LogP contribution in [0.1, 0.15) is 41.9 Å². The molecule has 0 bridgehead atoms. The molecule has 1 aliphatic heterocycles. The summed E-state index contributed by atoms with van der Waals surface area (Å²) in [6, 6.07) is 4.27. The van der Waals surface area contributed by atoms with Crippen molar-refractivity contribution >= 4 is 39.6 Å². The largest absolute Gasteiger partial charge is 0.383 e. The van der Waals surface area contributed by atoms with E-state index >= 15 is 0 Å². The number of carbonyl (C=O) groups is 1. The van der Waals surface area contributed by atoms with Gasteiger partial charge in [0.15, 0.2) is 5.84 Å². The fraction of sp³-hybridized carbons (Fsp3) is 0.316. The molecule has 174 valence electrons. The highest BCUT2D eigenvalue weighted by molar-refractivity contribution is 8.26. The third kappa shape index (κ3) is 4.27. The van der Waals surface area contributed by atoms with Gasteiger partial charge in [0, 0.05) is 23.0 Å². The van der Waals surface area contributed by atoms with E-state index in [1.807, 2.05) is 0 Å². The Balaban J connectivity index is 1.95. The summed E-state index contributed by atoms with van der Waals surface area (Å²) in [5, 5.41) is -0.581. The summed E-state index contributed by atoms with van der Waals surface area (Å²) in [6.45, 7) is 2.22. The fourth-order valence-electron chi connectivity index (χ4n) is 3.18. The predicted octanol–water partition coefficient (Wildman–Crippen LogP) is 5.09. The Morgan fingerprint density at radius 2 is 1.97 bits per heavy atom. The molecule has 1 amide bonds. The van der Waals surface area contributed by atoms with Gasteiger partial charge in [-0.1, -0.05) is 11.6 Å². The van der Waals surface area contributed by atoms with Gasteiger partial charge in [-0.25, -0.2) is 22.5 Å². The molecule has 0 fully saturated rings. The number of amidine groups is 1. The second kappa shape index (κ2) is 8.18. The van der Waals surface area contributed by atoms with Crippen LogP contribution in [0.5, 0.6) is 0 Å². The molecule has 7 nitrogen and oxygen atoms in total. The van der Waals surface area contributed by atoms with E-state index in [0.717, 1.165) is 25.3 Å². The molecule has 3 rings (SSSR count). The zero-order valence-electron chi connectivity index (χ0n) is 16.7. The van der Waals surface area contributed by atoms with Crippen molar-refractivity contribution in [3.05, 3.63) is 58.1 Å². The first kappa shape index (κ1) is 24.2. The summed E-state index contributed by atoms with van der Waals surface area (Å²) in [5.74, 6) is -3.01. The molecule has 13 heteroatoms. The van der Waals surface area contributed by atoms with Crippen LogP contribution in [0.4, 0.5) is 23.2 Å². The normalized spacial score (nSPS) is 25.9. The highest BCUT2D eigenvalue weighted by Crippen LogP contribution is 2.60. The molecule has 1 aromatic carbocycles. The number of alkyl halides is 3. The van der Waals surface area contributed by atoms with Gasteiger partial charge in [0.25, 0.3) is 17.3 Å². The molecular formula is C19H19ClF4N4O3S. The fourth-order valence-corrected chi connectivity index (χ4v) is 5.09. The highest BCUT2D eigenvalue weighted by atomic mass is 35.5. The molecular weight excluding hydrogens is 476 g/mol. The van der Waals surface area contributed by atoms with Crippen molar-refractivity contribution in [1.29, 1.82) is 0 Å². The molecule has 2 atom stereocenters. The van der Waals surface area contributed by atoms with Crippen molar-refractivity contribution in [2.75, 3.05) is 11.1 Å². The van der Waals surface area contributed by atoms with Crippen LogP contribution in [0.3, 0.4) is 0 Å².